The lowest BCUT2D eigenvalue weighted by atomic mass is 10.0. The van der Waals surface area contributed by atoms with Gasteiger partial charge in [0.1, 0.15) is 11.7 Å². The molecule has 0 saturated carbocycles. The van der Waals surface area contributed by atoms with Crippen LogP contribution in [0.5, 0.6) is 0 Å². The molecule has 0 amide bonds. The third-order valence-corrected chi connectivity index (χ3v) is 3.01. The standard InChI is InChI=1S/C15H30O5/c1-6-8-10-12-15(4,5)19-20-18-14(16)17-13(3)11-9-7-2/h13H,6-12H2,1-5H3. The zero-order valence-electron chi connectivity index (χ0n) is 13.6. The fourth-order valence-electron chi connectivity index (χ4n) is 1.71. The summed E-state index contributed by atoms with van der Waals surface area (Å²) in [5, 5.41) is 4.52. The molecule has 0 heterocycles. The van der Waals surface area contributed by atoms with Gasteiger partial charge in [-0.15, -0.1) is 0 Å². The third-order valence-electron chi connectivity index (χ3n) is 3.01. The van der Waals surface area contributed by atoms with E-state index in [0.717, 1.165) is 44.9 Å². The Labute approximate surface area is 122 Å². The van der Waals surface area contributed by atoms with E-state index in [1.165, 1.54) is 0 Å². The summed E-state index contributed by atoms with van der Waals surface area (Å²) in [5.74, 6) is 0. The van der Waals surface area contributed by atoms with E-state index in [-0.39, 0.29) is 6.10 Å². The smallest absolute Gasteiger partial charge is 0.429 e. The van der Waals surface area contributed by atoms with Gasteiger partial charge in [-0.25, -0.2) is 9.68 Å². The molecule has 0 aliphatic carbocycles. The monoisotopic (exact) mass is 290 g/mol. The Morgan fingerprint density at radius 1 is 1.10 bits per heavy atom. The molecule has 0 aliphatic rings. The van der Waals surface area contributed by atoms with Crippen LogP contribution in [0, 0.1) is 0 Å². The van der Waals surface area contributed by atoms with Crippen LogP contribution in [0.2, 0.25) is 0 Å². The van der Waals surface area contributed by atoms with Crippen LogP contribution in [0.3, 0.4) is 0 Å². The molecule has 0 aliphatic heterocycles. The fourth-order valence-corrected chi connectivity index (χ4v) is 1.71. The van der Waals surface area contributed by atoms with E-state index in [1.807, 2.05) is 20.8 Å². The molecule has 0 fully saturated rings. The quantitative estimate of drug-likeness (QED) is 0.233. The van der Waals surface area contributed by atoms with Gasteiger partial charge in [-0.2, -0.15) is 4.89 Å². The molecule has 0 N–H and O–H groups in total. The summed E-state index contributed by atoms with van der Waals surface area (Å²) in [7, 11) is 0. The minimum atomic E-state index is -0.863. The Hall–Kier alpha value is -0.810. The predicted molar refractivity (Wildman–Crippen MR) is 76.9 cm³/mol. The van der Waals surface area contributed by atoms with Crippen molar-refractivity contribution >= 4 is 6.16 Å². The summed E-state index contributed by atoms with van der Waals surface area (Å²) >= 11 is 0. The van der Waals surface area contributed by atoms with Crippen LogP contribution in [0.15, 0.2) is 0 Å². The van der Waals surface area contributed by atoms with E-state index < -0.39 is 11.8 Å². The molecule has 0 aromatic heterocycles. The lowest BCUT2D eigenvalue weighted by Crippen LogP contribution is -2.26. The minimum absolute atomic E-state index is 0.177. The molecule has 0 rings (SSSR count). The van der Waals surface area contributed by atoms with Gasteiger partial charge in [-0.1, -0.05) is 46.0 Å². The van der Waals surface area contributed by atoms with Crippen molar-refractivity contribution in [1.29, 1.82) is 0 Å². The molecule has 5 nitrogen and oxygen atoms in total. The number of hydrogen-bond acceptors (Lipinski definition) is 5. The highest BCUT2D eigenvalue weighted by molar-refractivity contribution is 5.59. The van der Waals surface area contributed by atoms with Gasteiger partial charge in [0.25, 0.3) is 0 Å². The molecule has 0 bridgehead atoms. The first-order chi connectivity index (χ1) is 9.41. The molecule has 0 spiro atoms. The van der Waals surface area contributed by atoms with Gasteiger partial charge in [-0.3, -0.25) is 0 Å². The second-order valence-corrected chi connectivity index (χ2v) is 5.77. The lowest BCUT2D eigenvalue weighted by Gasteiger charge is -2.21. The summed E-state index contributed by atoms with van der Waals surface area (Å²) in [6, 6.07) is 0. The highest BCUT2D eigenvalue weighted by Gasteiger charge is 2.21. The van der Waals surface area contributed by atoms with Crippen molar-refractivity contribution in [2.45, 2.75) is 91.3 Å². The summed E-state index contributed by atoms with van der Waals surface area (Å²) in [6.45, 7) is 9.83. The van der Waals surface area contributed by atoms with Gasteiger partial charge in [0.05, 0.1) is 0 Å². The summed E-state index contributed by atoms with van der Waals surface area (Å²) < 4.78 is 5.00. The molecule has 1 unspecified atom stereocenters. The molecule has 0 saturated heterocycles. The van der Waals surface area contributed by atoms with Crippen LogP contribution in [-0.4, -0.2) is 17.9 Å². The van der Waals surface area contributed by atoms with Crippen molar-refractivity contribution in [1.82, 2.24) is 0 Å². The van der Waals surface area contributed by atoms with Crippen molar-refractivity contribution in [3.05, 3.63) is 0 Å². The van der Waals surface area contributed by atoms with Crippen LogP contribution in [0.25, 0.3) is 0 Å². The number of ether oxygens (including phenoxy) is 1. The van der Waals surface area contributed by atoms with Crippen molar-refractivity contribution in [2.24, 2.45) is 0 Å². The van der Waals surface area contributed by atoms with E-state index in [9.17, 15) is 4.79 Å². The second-order valence-electron chi connectivity index (χ2n) is 5.77. The molecule has 120 valence electrons. The molecule has 5 heteroatoms. The first-order valence-electron chi connectivity index (χ1n) is 7.64. The summed E-state index contributed by atoms with van der Waals surface area (Å²) in [5.41, 5.74) is -0.483. The van der Waals surface area contributed by atoms with E-state index in [2.05, 4.69) is 23.8 Å². The Bertz CT molecular complexity index is 253. The van der Waals surface area contributed by atoms with Gasteiger partial charge in [-0.05, 0) is 38.7 Å². The average Bonchev–Trinajstić information content (AvgIpc) is 2.36. The van der Waals surface area contributed by atoms with Gasteiger partial charge in [0, 0.05) is 0 Å². The van der Waals surface area contributed by atoms with Gasteiger partial charge >= 0.3 is 6.16 Å². The number of unbranched alkanes of at least 4 members (excludes halogenated alkanes) is 3. The minimum Gasteiger partial charge on any atom is -0.429 e. The molecular weight excluding hydrogens is 260 g/mol. The Kier molecular flexibility index (Phi) is 10.5. The highest BCUT2D eigenvalue weighted by atomic mass is 17.5. The molecule has 0 aromatic carbocycles. The number of carbonyl (C=O) groups is 1. The predicted octanol–water partition coefficient (Wildman–Crippen LogP) is 4.94. The zero-order valence-corrected chi connectivity index (χ0v) is 13.6. The number of carbonyl (C=O) groups excluding carboxylic acids is 1. The SMILES string of the molecule is CCCCCC(C)(C)OOOC(=O)OC(C)CCCC. The van der Waals surface area contributed by atoms with Crippen molar-refractivity contribution in [3.63, 3.8) is 0 Å². The van der Waals surface area contributed by atoms with E-state index >= 15 is 0 Å². The maximum absolute atomic E-state index is 11.3. The molecule has 0 radical (unpaired) electrons. The van der Waals surface area contributed by atoms with Crippen LogP contribution < -0.4 is 0 Å². The first kappa shape index (κ1) is 19.2. The van der Waals surface area contributed by atoms with E-state index in [4.69, 9.17) is 9.62 Å². The first-order valence-corrected chi connectivity index (χ1v) is 7.64. The Morgan fingerprint density at radius 3 is 2.35 bits per heavy atom. The van der Waals surface area contributed by atoms with Crippen LogP contribution in [-0.2, 0) is 19.6 Å². The molecule has 20 heavy (non-hydrogen) atoms. The highest BCUT2D eigenvalue weighted by Crippen LogP contribution is 2.19. The summed E-state index contributed by atoms with van der Waals surface area (Å²) in [6.07, 6.45) is 6.03. The van der Waals surface area contributed by atoms with Crippen molar-refractivity contribution in [3.8, 4) is 0 Å². The summed E-state index contributed by atoms with van der Waals surface area (Å²) in [4.78, 5) is 20.9. The van der Waals surface area contributed by atoms with Crippen molar-refractivity contribution < 1.29 is 24.3 Å². The van der Waals surface area contributed by atoms with Gasteiger partial charge in [0.2, 0.25) is 0 Å². The number of rotatable bonds is 11. The average molecular weight is 290 g/mol. The van der Waals surface area contributed by atoms with E-state index in [1.54, 1.807) is 0 Å². The van der Waals surface area contributed by atoms with Crippen molar-refractivity contribution in [2.75, 3.05) is 0 Å². The van der Waals surface area contributed by atoms with Gasteiger partial charge < -0.3 is 4.74 Å². The maximum Gasteiger partial charge on any atom is 0.542 e. The Balaban J connectivity index is 3.73. The normalized spacial score (nSPS) is 13.1. The second kappa shape index (κ2) is 10.9. The van der Waals surface area contributed by atoms with E-state index in [0.29, 0.717) is 0 Å². The largest absolute Gasteiger partial charge is 0.542 e. The van der Waals surface area contributed by atoms with Crippen LogP contribution in [0.4, 0.5) is 4.79 Å². The van der Waals surface area contributed by atoms with Gasteiger partial charge in [0.15, 0.2) is 0 Å². The number of hydrogen-bond donors (Lipinski definition) is 0. The van der Waals surface area contributed by atoms with Crippen LogP contribution in [0.1, 0.15) is 79.6 Å². The molecular formula is C15H30O5. The molecule has 1 atom stereocenters. The molecule has 0 aromatic rings. The topological polar surface area (TPSA) is 54.0 Å². The Morgan fingerprint density at radius 2 is 1.75 bits per heavy atom. The lowest BCUT2D eigenvalue weighted by molar-refractivity contribution is -0.517. The maximum atomic E-state index is 11.3. The fraction of sp³-hybridized carbons (Fsp3) is 0.933. The zero-order chi connectivity index (χ0) is 15.4. The third kappa shape index (κ3) is 11.1. The van der Waals surface area contributed by atoms with Crippen LogP contribution >= 0.6 is 0 Å².